The van der Waals surface area contributed by atoms with Crippen LogP contribution in [0.1, 0.15) is 0 Å². The van der Waals surface area contributed by atoms with Crippen LogP contribution in [0.15, 0.2) is 18.2 Å². The molecule has 0 unspecified atom stereocenters. The SMILES string of the molecule is COc1[c-]ccc(Cl)c1.I.[Zn]. The minimum atomic E-state index is 0. The molecule has 1 aromatic carbocycles. The average Bonchev–Trinajstić information content (AvgIpc) is 1.88. The number of hydrogen-bond donors (Lipinski definition) is 0. The molecular weight excluding hydrogens is 328 g/mol. The predicted octanol–water partition coefficient (Wildman–Crippen LogP) is 2.76. The number of ether oxygens (including phenoxy) is 1. The average molecular weight is 335 g/mol. The zero-order chi connectivity index (χ0) is 6.69. The number of halogens is 2. The van der Waals surface area contributed by atoms with Crippen molar-refractivity contribution in [2.75, 3.05) is 7.11 Å². The van der Waals surface area contributed by atoms with Crippen LogP contribution in [0.3, 0.4) is 0 Å². The van der Waals surface area contributed by atoms with Gasteiger partial charge >= 0.3 is 0 Å². The maximum absolute atomic E-state index is 5.62. The van der Waals surface area contributed by atoms with Crippen molar-refractivity contribution < 1.29 is 24.2 Å². The zero-order valence-corrected chi connectivity index (χ0v) is 12.2. The van der Waals surface area contributed by atoms with Crippen molar-refractivity contribution in [3.8, 4) is 5.75 Å². The molecule has 0 bridgehead atoms. The summed E-state index contributed by atoms with van der Waals surface area (Å²) in [7, 11) is 1.59. The van der Waals surface area contributed by atoms with Crippen LogP contribution in [0.5, 0.6) is 5.75 Å². The van der Waals surface area contributed by atoms with E-state index in [1.807, 2.05) is 0 Å². The molecule has 0 N–H and O–H groups in total. The van der Waals surface area contributed by atoms with E-state index in [1.165, 1.54) is 0 Å². The largest absolute Gasteiger partial charge is 0.523 e. The molecule has 0 aliphatic carbocycles. The van der Waals surface area contributed by atoms with E-state index in [9.17, 15) is 0 Å². The van der Waals surface area contributed by atoms with Crippen molar-refractivity contribution in [1.29, 1.82) is 0 Å². The van der Waals surface area contributed by atoms with Gasteiger partial charge in [0, 0.05) is 25.2 Å². The van der Waals surface area contributed by atoms with E-state index in [0.29, 0.717) is 10.8 Å². The van der Waals surface area contributed by atoms with E-state index >= 15 is 0 Å². The van der Waals surface area contributed by atoms with Crippen molar-refractivity contribution in [2.45, 2.75) is 0 Å². The summed E-state index contributed by atoms with van der Waals surface area (Å²) >= 11 is 5.62. The summed E-state index contributed by atoms with van der Waals surface area (Å²) in [6, 6.07) is 8.04. The molecule has 0 fully saturated rings. The van der Waals surface area contributed by atoms with E-state index in [4.69, 9.17) is 16.3 Å². The molecule has 0 amide bonds. The maximum atomic E-state index is 5.62. The second kappa shape index (κ2) is 7.32. The van der Waals surface area contributed by atoms with Crippen LogP contribution in [-0.2, 0) is 19.5 Å². The Bertz CT molecular complexity index is 207. The fourth-order valence-electron chi connectivity index (χ4n) is 0.536. The molecule has 1 rings (SSSR count). The molecule has 58 valence electrons. The second-order valence-corrected chi connectivity index (χ2v) is 2.01. The minimum absolute atomic E-state index is 0. The molecule has 0 radical (unpaired) electrons. The molecule has 0 atom stereocenters. The first-order valence-corrected chi connectivity index (χ1v) is 2.92. The smallest absolute Gasteiger partial charge is 0.0743 e. The molecule has 0 saturated carbocycles. The quantitative estimate of drug-likeness (QED) is 0.436. The molecule has 0 aliphatic heterocycles. The molecule has 0 saturated heterocycles. The van der Waals surface area contributed by atoms with Gasteiger partial charge in [0.25, 0.3) is 0 Å². The Labute approximate surface area is 101 Å². The molecule has 1 nitrogen and oxygen atoms in total. The van der Waals surface area contributed by atoms with Gasteiger partial charge in [0.2, 0.25) is 0 Å². The van der Waals surface area contributed by atoms with Crippen molar-refractivity contribution in [2.24, 2.45) is 0 Å². The van der Waals surface area contributed by atoms with E-state index < -0.39 is 0 Å². The van der Waals surface area contributed by atoms with Gasteiger partial charge < -0.3 is 4.74 Å². The van der Waals surface area contributed by atoms with E-state index in [0.717, 1.165) is 0 Å². The molecule has 11 heavy (non-hydrogen) atoms. The Morgan fingerprint density at radius 2 is 2.18 bits per heavy atom. The van der Waals surface area contributed by atoms with Crippen LogP contribution in [0.2, 0.25) is 5.02 Å². The Morgan fingerprint density at radius 3 is 2.55 bits per heavy atom. The molecule has 4 heteroatoms. The zero-order valence-electron chi connectivity index (χ0n) is 6.13. The van der Waals surface area contributed by atoms with Crippen LogP contribution in [0.4, 0.5) is 0 Å². The summed E-state index contributed by atoms with van der Waals surface area (Å²) in [6.07, 6.45) is 0. The molecule has 0 spiro atoms. The topological polar surface area (TPSA) is 9.23 Å². The van der Waals surface area contributed by atoms with Crippen LogP contribution in [0.25, 0.3) is 0 Å². The van der Waals surface area contributed by atoms with Gasteiger partial charge in [-0.1, -0.05) is 5.02 Å². The fraction of sp³-hybridized carbons (Fsp3) is 0.143. The Kier molecular flexibility index (Phi) is 9.45. The Morgan fingerprint density at radius 1 is 1.55 bits per heavy atom. The summed E-state index contributed by atoms with van der Waals surface area (Å²) in [5, 5.41) is 0.672. The van der Waals surface area contributed by atoms with Gasteiger partial charge in [0.05, 0.1) is 7.11 Å². The van der Waals surface area contributed by atoms with Crippen molar-refractivity contribution in [3.05, 3.63) is 29.3 Å². The van der Waals surface area contributed by atoms with Crippen molar-refractivity contribution in [3.63, 3.8) is 0 Å². The second-order valence-electron chi connectivity index (χ2n) is 1.58. The minimum Gasteiger partial charge on any atom is -0.523 e. The third-order valence-corrected chi connectivity index (χ3v) is 1.19. The monoisotopic (exact) mass is 333 g/mol. The normalized spacial score (nSPS) is 7.45. The first-order valence-electron chi connectivity index (χ1n) is 2.54. The number of rotatable bonds is 1. The van der Waals surface area contributed by atoms with Gasteiger partial charge in [0.1, 0.15) is 0 Å². The molecule has 0 heterocycles. The van der Waals surface area contributed by atoms with E-state index in [-0.39, 0.29) is 43.5 Å². The summed E-state index contributed by atoms with van der Waals surface area (Å²) in [5.74, 6) is 0.669. The third-order valence-electron chi connectivity index (χ3n) is 0.957. The van der Waals surface area contributed by atoms with Crippen LogP contribution in [-0.4, -0.2) is 7.11 Å². The third kappa shape index (κ3) is 4.99. The van der Waals surface area contributed by atoms with Gasteiger partial charge in [-0.2, -0.15) is 12.1 Å². The maximum Gasteiger partial charge on any atom is 0.0743 e. The first-order chi connectivity index (χ1) is 4.33. The van der Waals surface area contributed by atoms with Crippen LogP contribution in [0, 0.1) is 6.07 Å². The number of hydrogen-bond acceptors (Lipinski definition) is 1. The summed E-state index contributed by atoms with van der Waals surface area (Å²) in [5.41, 5.74) is 0. The van der Waals surface area contributed by atoms with E-state index in [2.05, 4.69) is 6.07 Å². The Hall–Kier alpha value is 0.663. The predicted molar refractivity (Wildman–Crippen MR) is 52.3 cm³/mol. The standard InChI is InChI=1S/C7H6ClO.HI.Zn/c1-9-7-4-2-3-6(8)5-7;;/h2-3,5H,1H3;1H;/q-1;;. The number of benzene rings is 1. The molecule has 1 aromatic rings. The van der Waals surface area contributed by atoms with Crippen LogP contribution < -0.4 is 4.74 Å². The fourth-order valence-corrected chi connectivity index (χ4v) is 0.698. The van der Waals surface area contributed by atoms with Crippen molar-refractivity contribution in [1.82, 2.24) is 0 Å². The van der Waals surface area contributed by atoms with Crippen LogP contribution >= 0.6 is 35.6 Å². The first kappa shape index (κ1) is 14.2. The summed E-state index contributed by atoms with van der Waals surface area (Å²) < 4.78 is 4.86. The molecule has 0 aromatic heterocycles. The van der Waals surface area contributed by atoms with Gasteiger partial charge in [-0.15, -0.1) is 47.7 Å². The van der Waals surface area contributed by atoms with Crippen molar-refractivity contribution >= 4 is 35.6 Å². The van der Waals surface area contributed by atoms with Gasteiger partial charge in [-0.3, -0.25) is 0 Å². The molecule has 0 aliphatic rings. The van der Waals surface area contributed by atoms with Gasteiger partial charge in [-0.25, -0.2) is 0 Å². The van der Waals surface area contributed by atoms with Gasteiger partial charge in [-0.05, 0) is 0 Å². The molecular formula is C7H7ClIOZn-. The summed E-state index contributed by atoms with van der Waals surface area (Å²) in [4.78, 5) is 0. The number of methoxy groups -OCH3 is 1. The summed E-state index contributed by atoms with van der Waals surface area (Å²) in [6.45, 7) is 0. The van der Waals surface area contributed by atoms with Gasteiger partial charge in [0.15, 0.2) is 0 Å². The Balaban J connectivity index is 0. The van der Waals surface area contributed by atoms with E-state index in [1.54, 1.807) is 25.3 Å².